The molecule has 42 heavy (non-hydrogen) atoms. The largest absolute Gasteiger partial charge is 0.413 e. The Morgan fingerprint density at radius 3 is 2.24 bits per heavy atom. The topological polar surface area (TPSA) is 121 Å². The van der Waals surface area contributed by atoms with Crippen LogP contribution in [0.25, 0.3) is 11.3 Å². The second-order valence-corrected chi connectivity index (χ2v) is 11.6. The summed E-state index contributed by atoms with van der Waals surface area (Å²) in [5.41, 5.74) is 4.72. The van der Waals surface area contributed by atoms with Crippen molar-refractivity contribution in [2.75, 3.05) is 5.32 Å². The fourth-order valence-electron chi connectivity index (χ4n) is 4.32. The predicted octanol–water partition coefficient (Wildman–Crippen LogP) is 5.94. The molecule has 10 heteroatoms. The third-order valence-electron chi connectivity index (χ3n) is 7.03. The lowest BCUT2D eigenvalue weighted by Gasteiger charge is -2.10. The SMILES string of the molecule is Cc1ccc(C(=O)NC2CC2)cc1Nc1nc(-c2cccc(C(=O)NC3CC3)c2)c(OC(=O)NCc2ccccc2)s1. The highest BCUT2D eigenvalue weighted by atomic mass is 32.1. The van der Waals surface area contributed by atoms with E-state index in [2.05, 4.69) is 21.3 Å². The first-order valence-corrected chi connectivity index (χ1v) is 14.8. The van der Waals surface area contributed by atoms with Gasteiger partial charge in [-0.25, -0.2) is 9.78 Å². The van der Waals surface area contributed by atoms with Gasteiger partial charge in [0, 0.05) is 41.0 Å². The average Bonchev–Trinajstić information content (AvgIpc) is 3.94. The molecular weight excluding hydrogens is 550 g/mol. The third-order valence-corrected chi connectivity index (χ3v) is 7.87. The molecule has 0 saturated heterocycles. The maximum absolute atomic E-state index is 12.8. The van der Waals surface area contributed by atoms with Crippen molar-refractivity contribution in [1.29, 1.82) is 0 Å². The molecule has 1 aromatic heterocycles. The van der Waals surface area contributed by atoms with Crippen LogP contribution in [0.2, 0.25) is 0 Å². The van der Waals surface area contributed by atoms with Gasteiger partial charge in [-0.05, 0) is 68.0 Å². The maximum atomic E-state index is 12.8. The van der Waals surface area contributed by atoms with Gasteiger partial charge in [0.2, 0.25) is 5.06 Å². The van der Waals surface area contributed by atoms with Gasteiger partial charge in [-0.15, -0.1) is 0 Å². The first kappa shape index (κ1) is 27.5. The van der Waals surface area contributed by atoms with E-state index >= 15 is 0 Å². The first-order valence-electron chi connectivity index (χ1n) is 14.0. The van der Waals surface area contributed by atoms with Gasteiger partial charge in [-0.1, -0.05) is 59.9 Å². The standard InChI is InChI=1S/C32H31N5O4S/c1-19-10-11-23(29(39)35-25-14-15-25)17-26(19)36-31-37-27(21-8-5-9-22(16-21)28(38)34-24-12-13-24)30(42-31)41-32(40)33-18-20-6-3-2-4-7-20/h2-11,16-17,24-25H,12-15,18H2,1H3,(H,33,40)(H,34,38)(H,35,39)(H,36,37). The van der Waals surface area contributed by atoms with Crippen LogP contribution in [0.15, 0.2) is 72.8 Å². The lowest BCUT2D eigenvalue weighted by molar-refractivity contribution is 0.0942. The van der Waals surface area contributed by atoms with Crippen LogP contribution in [0.4, 0.5) is 15.6 Å². The Kier molecular flexibility index (Phi) is 7.87. The lowest BCUT2D eigenvalue weighted by atomic mass is 10.1. The van der Waals surface area contributed by atoms with Gasteiger partial charge in [0.15, 0.2) is 5.13 Å². The van der Waals surface area contributed by atoms with Gasteiger partial charge in [0.1, 0.15) is 5.69 Å². The molecule has 2 aliphatic carbocycles. The van der Waals surface area contributed by atoms with Crippen molar-refractivity contribution in [1.82, 2.24) is 20.9 Å². The molecular formula is C32H31N5O4S. The number of hydrogen-bond donors (Lipinski definition) is 4. The van der Waals surface area contributed by atoms with Crippen LogP contribution in [0.1, 0.15) is 57.5 Å². The number of aromatic nitrogens is 1. The van der Waals surface area contributed by atoms with E-state index in [0.29, 0.717) is 34.1 Å². The van der Waals surface area contributed by atoms with Crippen LogP contribution >= 0.6 is 11.3 Å². The minimum Gasteiger partial charge on any atom is -0.397 e. The zero-order chi connectivity index (χ0) is 29.1. The zero-order valence-electron chi connectivity index (χ0n) is 23.1. The molecule has 0 aliphatic heterocycles. The molecule has 0 radical (unpaired) electrons. The van der Waals surface area contributed by atoms with Crippen molar-refractivity contribution < 1.29 is 19.1 Å². The van der Waals surface area contributed by atoms with Gasteiger partial charge in [0.05, 0.1) is 0 Å². The molecule has 1 heterocycles. The summed E-state index contributed by atoms with van der Waals surface area (Å²) in [6.07, 6.45) is 3.38. The number of nitrogens with zero attached hydrogens (tertiary/aromatic N) is 1. The van der Waals surface area contributed by atoms with E-state index in [0.717, 1.165) is 42.5 Å². The van der Waals surface area contributed by atoms with Crippen molar-refractivity contribution in [3.05, 3.63) is 95.1 Å². The van der Waals surface area contributed by atoms with Crippen molar-refractivity contribution in [3.63, 3.8) is 0 Å². The number of thiazole rings is 1. The molecule has 214 valence electrons. The molecule has 3 aromatic carbocycles. The molecule has 0 spiro atoms. The molecule has 2 saturated carbocycles. The Morgan fingerprint density at radius 1 is 0.857 bits per heavy atom. The Bertz CT molecular complexity index is 1630. The smallest absolute Gasteiger partial charge is 0.397 e. The highest BCUT2D eigenvalue weighted by Gasteiger charge is 2.26. The van der Waals surface area contributed by atoms with Crippen LogP contribution in [0, 0.1) is 6.92 Å². The molecule has 9 nitrogen and oxygen atoms in total. The number of hydrogen-bond acceptors (Lipinski definition) is 7. The highest BCUT2D eigenvalue weighted by Crippen LogP contribution is 2.40. The van der Waals surface area contributed by atoms with Gasteiger partial charge in [-0.3, -0.25) is 9.59 Å². The summed E-state index contributed by atoms with van der Waals surface area (Å²) >= 11 is 1.17. The third kappa shape index (κ3) is 6.95. The summed E-state index contributed by atoms with van der Waals surface area (Å²) in [6, 6.07) is 22.6. The fraction of sp³-hybridized carbons (Fsp3) is 0.250. The number of anilines is 2. The van der Waals surface area contributed by atoms with Crippen molar-refractivity contribution >= 4 is 40.1 Å². The van der Waals surface area contributed by atoms with Crippen LogP contribution in [0.5, 0.6) is 5.06 Å². The van der Waals surface area contributed by atoms with Crippen molar-refractivity contribution in [2.24, 2.45) is 0 Å². The lowest BCUT2D eigenvalue weighted by Crippen LogP contribution is -2.26. The number of rotatable bonds is 10. The fourth-order valence-corrected chi connectivity index (χ4v) is 5.17. The maximum Gasteiger partial charge on any atom is 0.413 e. The van der Waals surface area contributed by atoms with Gasteiger partial charge >= 0.3 is 6.09 Å². The summed E-state index contributed by atoms with van der Waals surface area (Å²) in [5, 5.41) is 12.9. The monoisotopic (exact) mass is 581 g/mol. The van der Waals surface area contributed by atoms with E-state index in [9.17, 15) is 14.4 Å². The van der Waals surface area contributed by atoms with E-state index in [-0.39, 0.29) is 29.0 Å². The summed E-state index contributed by atoms with van der Waals surface area (Å²) < 4.78 is 5.76. The van der Waals surface area contributed by atoms with E-state index in [1.165, 1.54) is 11.3 Å². The number of amides is 3. The second kappa shape index (κ2) is 12.0. The number of aryl methyl sites for hydroxylation is 1. The summed E-state index contributed by atoms with van der Waals surface area (Å²) in [7, 11) is 0. The zero-order valence-corrected chi connectivity index (χ0v) is 23.9. The number of benzene rings is 3. The molecule has 4 aromatic rings. The molecule has 2 aliphatic rings. The number of nitrogens with one attached hydrogen (secondary N) is 4. The second-order valence-electron chi connectivity index (χ2n) is 10.6. The Labute approximate surface area is 247 Å². The summed E-state index contributed by atoms with van der Waals surface area (Å²) in [5.74, 6) is -0.256. The van der Waals surface area contributed by atoms with E-state index in [1.54, 1.807) is 30.3 Å². The number of carbonyl (C=O) groups is 3. The number of ether oxygens (including phenoxy) is 1. The Morgan fingerprint density at radius 2 is 1.55 bits per heavy atom. The molecule has 3 amide bonds. The molecule has 6 rings (SSSR count). The van der Waals surface area contributed by atoms with Crippen molar-refractivity contribution in [3.8, 4) is 16.3 Å². The van der Waals surface area contributed by atoms with Crippen molar-refractivity contribution in [2.45, 2.75) is 51.2 Å². The number of carbonyl (C=O) groups excluding carboxylic acids is 3. The molecule has 2 fully saturated rings. The Balaban J connectivity index is 1.26. The molecule has 4 N–H and O–H groups in total. The van der Waals surface area contributed by atoms with Crippen LogP contribution in [0.3, 0.4) is 0 Å². The average molecular weight is 582 g/mol. The van der Waals surface area contributed by atoms with Gasteiger partial charge in [0.25, 0.3) is 11.8 Å². The molecule has 0 atom stereocenters. The normalized spacial score (nSPS) is 14.1. The van der Waals surface area contributed by atoms with E-state index in [4.69, 9.17) is 9.72 Å². The highest BCUT2D eigenvalue weighted by molar-refractivity contribution is 7.18. The quantitative estimate of drug-likeness (QED) is 0.184. The summed E-state index contributed by atoms with van der Waals surface area (Å²) in [4.78, 5) is 43.0. The van der Waals surface area contributed by atoms with E-state index in [1.807, 2.05) is 49.4 Å². The Hall–Kier alpha value is -4.70. The van der Waals surface area contributed by atoms with Crippen LogP contribution in [-0.4, -0.2) is 35.0 Å². The first-order chi connectivity index (χ1) is 20.4. The van der Waals surface area contributed by atoms with Crippen LogP contribution < -0.4 is 26.0 Å². The van der Waals surface area contributed by atoms with E-state index < -0.39 is 6.09 Å². The van der Waals surface area contributed by atoms with Gasteiger partial charge in [-0.2, -0.15) is 0 Å². The predicted molar refractivity (Wildman–Crippen MR) is 162 cm³/mol. The summed E-state index contributed by atoms with van der Waals surface area (Å²) in [6.45, 7) is 2.25. The minimum absolute atomic E-state index is 0.110. The molecule has 0 bridgehead atoms. The minimum atomic E-state index is -0.618. The van der Waals surface area contributed by atoms with Gasteiger partial charge < -0.3 is 26.0 Å². The molecule has 0 unspecified atom stereocenters. The van der Waals surface area contributed by atoms with Crippen LogP contribution in [-0.2, 0) is 6.54 Å².